The molecule has 2 aliphatic rings. The fraction of sp³-hybridized carbons (Fsp3) is 1.00. The van der Waals surface area contributed by atoms with Gasteiger partial charge >= 0.3 is 0 Å². The van der Waals surface area contributed by atoms with E-state index in [0.29, 0.717) is 13.2 Å². The number of ether oxygens (including phenoxy) is 1. The Bertz CT molecular complexity index is 201. The number of hydrogen-bond donors (Lipinski definition) is 0. The van der Waals surface area contributed by atoms with Crippen LogP contribution in [0.25, 0.3) is 0 Å². The molecule has 1 aliphatic heterocycles. The van der Waals surface area contributed by atoms with Crippen molar-refractivity contribution < 1.29 is 24.3 Å². The van der Waals surface area contributed by atoms with Crippen molar-refractivity contribution in [1.29, 1.82) is 0 Å². The predicted octanol–water partition coefficient (Wildman–Crippen LogP) is 2.35. The molecule has 2 fully saturated rings. The first-order valence-corrected chi connectivity index (χ1v) is 6.49. The zero-order chi connectivity index (χ0) is 12.0. The molecule has 1 saturated heterocycles. The zero-order valence-corrected chi connectivity index (χ0v) is 10.5. The molecule has 1 saturated carbocycles. The molecule has 17 heavy (non-hydrogen) atoms. The monoisotopic (exact) mass is 246 g/mol. The van der Waals surface area contributed by atoms with Gasteiger partial charge < -0.3 is 4.74 Å². The zero-order valence-electron chi connectivity index (χ0n) is 10.5. The minimum absolute atomic E-state index is 0.141. The van der Waals surface area contributed by atoms with Crippen molar-refractivity contribution in [1.82, 2.24) is 0 Å². The van der Waals surface area contributed by atoms with E-state index in [-0.39, 0.29) is 6.10 Å². The van der Waals surface area contributed by atoms with Gasteiger partial charge in [-0.05, 0) is 12.8 Å². The summed E-state index contributed by atoms with van der Waals surface area (Å²) in [6.07, 6.45) is 6.84. The van der Waals surface area contributed by atoms with Gasteiger partial charge in [0.1, 0.15) is 0 Å². The third kappa shape index (κ3) is 3.89. The van der Waals surface area contributed by atoms with E-state index in [1.165, 1.54) is 6.42 Å². The minimum Gasteiger partial charge on any atom is -0.381 e. The second-order valence-electron chi connectivity index (χ2n) is 4.72. The average Bonchev–Trinajstić information content (AvgIpc) is 2.38. The normalized spacial score (nSPS) is 28.1. The van der Waals surface area contributed by atoms with Crippen molar-refractivity contribution in [3.05, 3.63) is 0 Å². The van der Waals surface area contributed by atoms with E-state index in [2.05, 4.69) is 0 Å². The molecule has 0 atom stereocenters. The molecular formula is C12H22O5. The van der Waals surface area contributed by atoms with E-state index < -0.39 is 5.79 Å². The molecule has 0 aromatic carbocycles. The smallest absolute Gasteiger partial charge is 0.233 e. The maximum atomic E-state index is 5.44. The van der Waals surface area contributed by atoms with E-state index in [1.54, 1.807) is 7.11 Å². The van der Waals surface area contributed by atoms with Crippen molar-refractivity contribution in [3.8, 4) is 0 Å². The molecule has 0 radical (unpaired) electrons. The van der Waals surface area contributed by atoms with E-state index in [9.17, 15) is 0 Å². The van der Waals surface area contributed by atoms with Crippen molar-refractivity contribution in [2.45, 2.75) is 56.8 Å². The molecule has 5 heteroatoms. The summed E-state index contributed by atoms with van der Waals surface area (Å²) in [5.74, 6) is -0.682. The molecule has 0 aromatic heterocycles. The Hall–Kier alpha value is -0.200. The second-order valence-corrected chi connectivity index (χ2v) is 4.72. The third-order valence-electron chi connectivity index (χ3n) is 3.42. The Balaban J connectivity index is 1.85. The fourth-order valence-electron chi connectivity index (χ4n) is 2.31. The van der Waals surface area contributed by atoms with E-state index in [0.717, 1.165) is 38.5 Å². The summed E-state index contributed by atoms with van der Waals surface area (Å²) in [4.78, 5) is 21.4. The molecule has 1 spiro atoms. The fourth-order valence-corrected chi connectivity index (χ4v) is 2.31. The largest absolute Gasteiger partial charge is 0.381 e. The van der Waals surface area contributed by atoms with Crippen LogP contribution in [0.4, 0.5) is 0 Å². The molecule has 1 heterocycles. The van der Waals surface area contributed by atoms with Gasteiger partial charge in [-0.25, -0.2) is 9.78 Å². The predicted molar refractivity (Wildman–Crippen MR) is 59.9 cm³/mol. The van der Waals surface area contributed by atoms with E-state index in [4.69, 9.17) is 24.3 Å². The molecule has 0 unspecified atom stereocenters. The van der Waals surface area contributed by atoms with Crippen molar-refractivity contribution in [2.75, 3.05) is 20.3 Å². The first-order chi connectivity index (χ1) is 8.35. The highest BCUT2D eigenvalue weighted by atomic mass is 17.3. The van der Waals surface area contributed by atoms with Gasteiger partial charge in [0.2, 0.25) is 5.79 Å². The van der Waals surface area contributed by atoms with Crippen molar-refractivity contribution >= 4 is 0 Å². The van der Waals surface area contributed by atoms with Crippen LogP contribution < -0.4 is 0 Å². The van der Waals surface area contributed by atoms with Crippen LogP contribution in [0, 0.1) is 0 Å². The maximum absolute atomic E-state index is 5.44. The summed E-state index contributed by atoms with van der Waals surface area (Å²) in [5, 5.41) is 0. The summed E-state index contributed by atoms with van der Waals surface area (Å²) in [7, 11) is 1.70. The maximum Gasteiger partial charge on any atom is 0.233 e. The quantitative estimate of drug-likeness (QED) is 0.665. The number of rotatable bonds is 1. The van der Waals surface area contributed by atoms with Gasteiger partial charge in [-0.1, -0.05) is 6.42 Å². The van der Waals surface area contributed by atoms with Crippen LogP contribution in [-0.4, -0.2) is 32.2 Å². The van der Waals surface area contributed by atoms with Crippen LogP contribution in [0.1, 0.15) is 44.9 Å². The van der Waals surface area contributed by atoms with Crippen LogP contribution >= 0.6 is 0 Å². The summed E-state index contributed by atoms with van der Waals surface area (Å²) >= 11 is 0. The summed E-state index contributed by atoms with van der Waals surface area (Å²) in [5.41, 5.74) is 0. The van der Waals surface area contributed by atoms with Gasteiger partial charge in [0.25, 0.3) is 0 Å². The first kappa shape index (κ1) is 13.2. The van der Waals surface area contributed by atoms with Gasteiger partial charge in [0.05, 0.1) is 19.3 Å². The molecule has 0 aromatic rings. The Morgan fingerprint density at radius 1 is 0.941 bits per heavy atom. The number of hydrogen-bond acceptors (Lipinski definition) is 5. The average molecular weight is 246 g/mol. The SMILES string of the molecule is COC1CCOOC2(CCCCC2)OOCC1. The van der Waals surface area contributed by atoms with Gasteiger partial charge in [0, 0.05) is 32.8 Å². The van der Waals surface area contributed by atoms with Crippen LogP contribution in [0.2, 0.25) is 0 Å². The number of methoxy groups -OCH3 is 1. The van der Waals surface area contributed by atoms with E-state index >= 15 is 0 Å². The minimum atomic E-state index is -0.682. The Morgan fingerprint density at radius 3 is 2.06 bits per heavy atom. The van der Waals surface area contributed by atoms with Gasteiger partial charge in [-0.2, -0.15) is 9.78 Å². The third-order valence-corrected chi connectivity index (χ3v) is 3.42. The van der Waals surface area contributed by atoms with Crippen LogP contribution in [0.5, 0.6) is 0 Å². The molecular weight excluding hydrogens is 224 g/mol. The van der Waals surface area contributed by atoms with Crippen LogP contribution in [-0.2, 0) is 24.3 Å². The Labute approximate surface area is 102 Å². The molecule has 0 N–H and O–H groups in total. The standard InChI is InChI=1S/C12H22O5/c1-13-11-5-9-14-16-12(17-15-10-6-11)7-3-2-4-8-12/h11H,2-10H2,1H3. The first-order valence-electron chi connectivity index (χ1n) is 6.49. The molecule has 0 bridgehead atoms. The lowest BCUT2D eigenvalue weighted by Crippen LogP contribution is -2.39. The molecule has 2 rings (SSSR count). The van der Waals surface area contributed by atoms with Gasteiger partial charge in [0.15, 0.2) is 0 Å². The van der Waals surface area contributed by atoms with Gasteiger partial charge in [-0.3, -0.25) is 0 Å². The lowest BCUT2D eigenvalue weighted by molar-refractivity contribution is -0.519. The van der Waals surface area contributed by atoms with E-state index in [1.807, 2.05) is 0 Å². The Kier molecular flexibility index (Phi) is 5.18. The Morgan fingerprint density at radius 2 is 1.53 bits per heavy atom. The van der Waals surface area contributed by atoms with Crippen LogP contribution in [0.3, 0.4) is 0 Å². The highest BCUT2D eigenvalue weighted by Gasteiger charge is 2.37. The lowest BCUT2D eigenvalue weighted by Gasteiger charge is -2.34. The molecule has 0 amide bonds. The summed E-state index contributed by atoms with van der Waals surface area (Å²) < 4.78 is 5.29. The topological polar surface area (TPSA) is 46.2 Å². The molecule has 100 valence electrons. The van der Waals surface area contributed by atoms with Crippen molar-refractivity contribution in [2.24, 2.45) is 0 Å². The summed E-state index contributed by atoms with van der Waals surface area (Å²) in [6.45, 7) is 1.06. The molecule has 1 aliphatic carbocycles. The lowest BCUT2D eigenvalue weighted by atomic mass is 9.94. The van der Waals surface area contributed by atoms with Crippen molar-refractivity contribution in [3.63, 3.8) is 0 Å². The highest BCUT2D eigenvalue weighted by molar-refractivity contribution is 4.73. The summed E-state index contributed by atoms with van der Waals surface area (Å²) in [6, 6.07) is 0. The highest BCUT2D eigenvalue weighted by Crippen LogP contribution is 2.33. The molecule has 5 nitrogen and oxygen atoms in total. The van der Waals surface area contributed by atoms with Gasteiger partial charge in [-0.15, -0.1) is 0 Å². The van der Waals surface area contributed by atoms with Crippen LogP contribution in [0.15, 0.2) is 0 Å². The second kappa shape index (κ2) is 6.66.